The number of nitrogens with zero attached hydrogens (tertiary/aromatic N) is 4. The van der Waals surface area contributed by atoms with Crippen LogP contribution in [0.3, 0.4) is 0 Å². The Hall–Kier alpha value is -9.72. The van der Waals surface area contributed by atoms with Crippen LogP contribution in [0.15, 0.2) is 224 Å². The van der Waals surface area contributed by atoms with Gasteiger partial charge in [-0.3, -0.25) is 0 Å². The van der Waals surface area contributed by atoms with Crippen LogP contribution in [-0.2, 0) is 6.42 Å². The summed E-state index contributed by atoms with van der Waals surface area (Å²) in [5.41, 5.74) is 38.6. The molecular weight excluding hydrogens is 891 g/mol. The van der Waals surface area contributed by atoms with Crippen molar-refractivity contribution in [1.82, 2.24) is 9.13 Å². The number of anilines is 8. The molecule has 0 saturated heterocycles. The van der Waals surface area contributed by atoms with Gasteiger partial charge in [0.15, 0.2) is 0 Å². The quantitative estimate of drug-likeness (QED) is 0.144. The van der Waals surface area contributed by atoms with E-state index in [2.05, 4.69) is 231 Å². The first-order valence-electron chi connectivity index (χ1n) is 24.9. The molecule has 0 spiro atoms. The van der Waals surface area contributed by atoms with Crippen molar-refractivity contribution in [3.63, 3.8) is 0 Å². The minimum atomic E-state index is 0.1000. The Bertz CT molecular complexity index is 4250. The molecular formula is C66H47N7. The zero-order chi connectivity index (χ0) is 48.5. The third-order valence-corrected chi connectivity index (χ3v) is 15.4. The molecule has 7 nitrogen and oxygen atoms in total. The van der Waals surface area contributed by atoms with Crippen LogP contribution in [0.25, 0.3) is 88.2 Å². The van der Waals surface area contributed by atoms with Gasteiger partial charge in [-0.1, -0.05) is 91.0 Å². The molecule has 0 radical (unpaired) electrons. The van der Waals surface area contributed by atoms with Crippen LogP contribution in [-0.4, -0.2) is 15.2 Å². The van der Waals surface area contributed by atoms with Gasteiger partial charge in [0.2, 0.25) is 0 Å². The first-order chi connectivity index (χ1) is 35.9. The zero-order valence-electron chi connectivity index (χ0n) is 39.7. The number of hydrogen-bond donors (Lipinski definition) is 3. The molecule has 0 bridgehead atoms. The van der Waals surface area contributed by atoms with Gasteiger partial charge in [0.05, 0.1) is 33.8 Å². The minimum Gasteiger partial charge on any atom is -0.399 e. The number of aromatic nitrogens is 2. The summed E-state index contributed by atoms with van der Waals surface area (Å²) in [7, 11) is 0. The minimum absolute atomic E-state index is 0.1000. The molecule has 2 aromatic heterocycles. The highest BCUT2D eigenvalue weighted by Gasteiger charge is 2.38. The highest BCUT2D eigenvalue weighted by Crippen LogP contribution is 2.52. The van der Waals surface area contributed by atoms with Crippen LogP contribution in [0, 0.1) is 0 Å². The van der Waals surface area contributed by atoms with E-state index in [0.717, 1.165) is 101 Å². The lowest BCUT2D eigenvalue weighted by Gasteiger charge is -2.31. The fourth-order valence-electron chi connectivity index (χ4n) is 12.2. The average molecular weight is 938 g/mol. The van der Waals surface area contributed by atoms with E-state index in [1.807, 2.05) is 18.2 Å². The van der Waals surface area contributed by atoms with Crippen molar-refractivity contribution in [2.24, 2.45) is 0 Å². The molecule has 11 aromatic carbocycles. The van der Waals surface area contributed by atoms with E-state index in [-0.39, 0.29) is 6.04 Å². The summed E-state index contributed by atoms with van der Waals surface area (Å²) in [6.07, 6.45) is 3.23. The SMILES string of the molecule is Nc1ccc2c(c1)CC1C(=C2)c2ccc(N(c3ccc4c5cc6ccc(N)cc6cc5n(-c5ccccc5)c4c3)c3ccc4c5cc6ccc(N)cc6cc5n(-c5ccccc5)c4c3)cc2N1c1ccccc1. The summed E-state index contributed by atoms with van der Waals surface area (Å²) < 4.78 is 4.81. The molecule has 1 aliphatic heterocycles. The molecule has 3 heterocycles. The second-order valence-corrected chi connectivity index (χ2v) is 19.7. The average Bonchev–Trinajstić information content (AvgIpc) is 4.05. The number of nitrogen functional groups attached to an aromatic ring is 3. The fourth-order valence-corrected chi connectivity index (χ4v) is 12.2. The van der Waals surface area contributed by atoms with Crippen LogP contribution in [0.1, 0.15) is 16.7 Å². The molecule has 2 aliphatic rings. The number of benzene rings is 11. The number of nitrogens with two attached hydrogens (primary N) is 3. The van der Waals surface area contributed by atoms with Crippen molar-refractivity contribution in [2.45, 2.75) is 12.5 Å². The van der Waals surface area contributed by atoms with Crippen molar-refractivity contribution in [2.75, 3.05) is 27.0 Å². The van der Waals surface area contributed by atoms with Crippen LogP contribution in [0.4, 0.5) is 45.5 Å². The molecule has 0 saturated carbocycles. The Kier molecular flexibility index (Phi) is 8.81. The van der Waals surface area contributed by atoms with Crippen molar-refractivity contribution >= 4 is 122 Å². The maximum absolute atomic E-state index is 6.42. The molecule has 1 aliphatic carbocycles. The number of rotatable bonds is 6. The van der Waals surface area contributed by atoms with E-state index >= 15 is 0 Å². The highest BCUT2D eigenvalue weighted by atomic mass is 15.2. The van der Waals surface area contributed by atoms with Gasteiger partial charge in [-0.2, -0.15) is 0 Å². The van der Waals surface area contributed by atoms with Crippen LogP contribution < -0.4 is 27.0 Å². The molecule has 13 aromatic rings. The number of para-hydroxylation sites is 3. The summed E-state index contributed by atoms with van der Waals surface area (Å²) >= 11 is 0. The van der Waals surface area contributed by atoms with E-state index < -0.39 is 0 Å². The van der Waals surface area contributed by atoms with Crippen molar-refractivity contribution in [3.05, 3.63) is 241 Å². The first kappa shape index (κ1) is 41.1. The second kappa shape index (κ2) is 15.6. The standard InChI is InChI=1S/C66H47N7/c67-46-19-16-40-31-58-55-25-22-52(37-64(55)71(49-10-4-1-5-11-49)61(58)34-43(40)28-46)70(53-23-26-56-59-32-41-17-20-47(68)29-44(41)35-62(59)72(65(56)38-53)50-12-6-2-7-13-50)54-24-27-57-60-33-42-18-21-48(69)30-45(42)36-63(60)73(66(57)39-54)51-14-8-3-9-15-51/h1-35,37-39,63H,36,67-69H2. The lowest BCUT2D eigenvalue weighted by molar-refractivity contribution is 0.807. The van der Waals surface area contributed by atoms with Crippen LogP contribution in [0.5, 0.6) is 0 Å². The van der Waals surface area contributed by atoms with Gasteiger partial charge in [0.25, 0.3) is 0 Å². The summed E-state index contributed by atoms with van der Waals surface area (Å²) in [4.78, 5) is 4.99. The van der Waals surface area contributed by atoms with Gasteiger partial charge in [-0.05, 0) is 184 Å². The normalized spacial score (nSPS) is 14.1. The van der Waals surface area contributed by atoms with E-state index in [4.69, 9.17) is 17.2 Å². The third kappa shape index (κ3) is 6.38. The fraction of sp³-hybridized carbons (Fsp3) is 0.0303. The highest BCUT2D eigenvalue weighted by molar-refractivity contribution is 6.16. The lowest BCUT2D eigenvalue weighted by atomic mass is 9.86. The topological polar surface area (TPSA) is 94.4 Å². The van der Waals surface area contributed by atoms with E-state index in [1.165, 1.54) is 49.5 Å². The van der Waals surface area contributed by atoms with Gasteiger partial charge >= 0.3 is 0 Å². The Morgan fingerprint density at radius 2 is 0.863 bits per heavy atom. The molecule has 346 valence electrons. The van der Waals surface area contributed by atoms with Gasteiger partial charge in [0, 0.05) is 78.3 Å². The molecule has 73 heavy (non-hydrogen) atoms. The van der Waals surface area contributed by atoms with Crippen LogP contribution >= 0.6 is 0 Å². The number of fused-ring (bicyclic) bond motifs is 12. The molecule has 6 N–H and O–H groups in total. The first-order valence-corrected chi connectivity index (χ1v) is 24.9. The predicted octanol–water partition coefficient (Wildman–Crippen LogP) is 16.0. The van der Waals surface area contributed by atoms with Crippen molar-refractivity contribution in [1.29, 1.82) is 0 Å². The Balaban J connectivity index is 1.00. The van der Waals surface area contributed by atoms with Crippen LogP contribution in [0.2, 0.25) is 0 Å². The smallest absolute Gasteiger partial charge is 0.0639 e. The molecule has 1 unspecified atom stereocenters. The Morgan fingerprint density at radius 1 is 0.384 bits per heavy atom. The lowest BCUT2D eigenvalue weighted by Crippen LogP contribution is -2.30. The molecule has 15 rings (SSSR count). The Labute approximate surface area is 421 Å². The second-order valence-electron chi connectivity index (χ2n) is 19.7. The van der Waals surface area contributed by atoms with Crippen molar-refractivity contribution in [3.8, 4) is 11.4 Å². The molecule has 0 amide bonds. The molecule has 7 heteroatoms. The van der Waals surface area contributed by atoms with E-state index in [9.17, 15) is 0 Å². The maximum Gasteiger partial charge on any atom is 0.0639 e. The molecule has 0 fully saturated rings. The largest absolute Gasteiger partial charge is 0.399 e. The predicted molar refractivity (Wildman–Crippen MR) is 308 cm³/mol. The maximum atomic E-state index is 6.42. The summed E-state index contributed by atoms with van der Waals surface area (Å²) in [6.45, 7) is 0. The Morgan fingerprint density at radius 3 is 1.42 bits per heavy atom. The summed E-state index contributed by atoms with van der Waals surface area (Å²) in [5, 5.41) is 9.25. The van der Waals surface area contributed by atoms with Crippen molar-refractivity contribution < 1.29 is 0 Å². The van der Waals surface area contributed by atoms with Gasteiger partial charge in [-0.25, -0.2) is 0 Å². The summed E-state index contributed by atoms with van der Waals surface area (Å²) in [6, 6.07) is 81.3. The zero-order valence-corrected chi connectivity index (χ0v) is 39.7. The summed E-state index contributed by atoms with van der Waals surface area (Å²) in [5.74, 6) is 0. The monoisotopic (exact) mass is 937 g/mol. The van der Waals surface area contributed by atoms with E-state index in [0.29, 0.717) is 0 Å². The van der Waals surface area contributed by atoms with Gasteiger partial charge in [0.1, 0.15) is 0 Å². The third-order valence-electron chi connectivity index (χ3n) is 15.4. The number of hydrogen-bond acceptors (Lipinski definition) is 5. The van der Waals surface area contributed by atoms with Gasteiger partial charge < -0.3 is 36.1 Å². The molecule has 1 atom stereocenters. The van der Waals surface area contributed by atoms with E-state index in [1.54, 1.807) is 0 Å². The van der Waals surface area contributed by atoms with Gasteiger partial charge in [-0.15, -0.1) is 0 Å².